The third-order valence-electron chi connectivity index (χ3n) is 4.47. The molecule has 0 spiro atoms. The van der Waals surface area contributed by atoms with Gasteiger partial charge in [-0.15, -0.1) is 20.4 Å². The standard InChI is InChI=1S/C18H30N8O2S2.CH4.2H2S/c1-9(2)13(19)15(27)21-17-25-23-11(29-17)7-5-6-8-12-24-26-18(30-12)22-16(28)14(20)10(3)4;;;/h9-10,13-14H,5-8,19-20H2,1-4H3,(H,21,25,27)(H,22,26,28);1H4;2*1H2/t13-,14-;;;/m0.../s1. The number of nitrogens with two attached hydrogens (primary N) is 2. The van der Waals surface area contributed by atoms with Crippen LogP contribution in [0.3, 0.4) is 0 Å². The van der Waals surface area contributed by atoms with Gasteiger partial charge in [0.2, 0.25) is 22.1 Å². The zero-order valence-corrected chi connectivity index (χ0v) is 22.3. The molecule has 0 aromatic carbocycles. The van der Waals surface area contributed by atoms with E-state index in [-0.39, 0.29) is 58.1 Å². The van der Waals surface area contributed by atoms with E-state index < -0.39 is 12.1 Å². The largest absolute Gasteiger partial charge is 0.320 e. The van der Waals surface area contributed by atoms with Gasteiger partial charge >= 0.3 is 0 Å². The highest BCUT2D eigenvalue weighted by Gasteiger charge is 2.20. The Hall–Kier alpha value is -1.32. The van der Waals surface area contributed by atoms with Crippen LogP contribution in [0, 0.1) is 11.8 Å². The normalized spacial score (nSPS) is 12.2. The van der Waals surface area contributed by atoms with E-state index in [1.54, 1.807) is 0 Å². The molecule has 2 amide bonds. The highest BCUT2D eigenvalue weighted by molar-refractivity contribution is 7.59. The van der Waals surface area contributed by atoms with Crippen molar-refractivity contribution < 1.29 is 9.59 Å². The van der Waals surface area contributed by atoms with E-state index in [9.17, 15) is 9.59 Å². The van der Waals surface area contributed by atoms with Gasteiger partial charge in [0.25, 0.3) is 0 Å². The maximum atomic E-state index is 12.0. The van der Waals surface area contributed by atoms with E-state index in [0.717, 1.165) is 35.7 Å². The van der Waals surface area contributed by atoms with Crippen molar-refractivity contribution in [1.29, 1.82) is 0 Å². The molecule has 2 rings (SSSR count). The summed E-state index contributed by atoms with van der Waals surface area (Å²) in [5.74, 6) is -0.389. The summed E-state index contributed by atoms with van der Waals surface area (Å²) >= 11 is 2.72. The third-order valence-corrected chi connectivity index (χ3v) is 6.26. The van der Waals surface area contributed by atoms with Gasteiger partial charge in [0.15, 0.2) is 0 Å². The van der Waals surface area contributed by atoms with Crippen molar-refractivity contribution in [1.82, 2.24) is 20.4 Å². The van der Waals surface area contributed by atoms with Crippen LogP contribution < -0.4 is 22.1 Å². The van der Waals surface area contributed by atoms with Gasteiger partial charge in [0.05, 0.1) is 12.1 Å². The molecule has 0 unspecified atom stereocenters. The Labute approximate surface area is 218 Å². The summed E-state index contributed by atoms with van der Waals surface area (Å²) in [5, 5.41) is 24.3. The summed E-state index contributed by atoms with van der Waals surface area (Å²) in [6.07, 6.45) is 3.31. The maximum absolute atomic E-state index is 12.0. The second-order valence-electron chi connectivity index (χ2n) is 7.73. The number of carbonyl (C=O) groups is 2. The molecule has 2 aromatic rings. The van der Waals surface area contributed by atoms with E-state index in [1.807, 2.05) is 27.7 Å². The highest BCUT2D eigenvalue weighted by atomic mass is 32.1. The van der Waals surface area contributed by atoms with Crippen LogP contribution in [-0.4, -0.2) is 44.3 Å². The number of anilines is 2. The maximum Gasteiger partial charge on any atom is 0.243 e. The Bertz CT molecular complexity index is 775. The molecule has 2 atom stereocenters. The van der Waals surface area contributed by atoms with Gasteiger partial charge in [-0.2, -0.15) is 27.0 Å². The molecule has 33 heavy (non-hydrogen) atoms. The summed E-state index contributed by atoms with van der Waals surface area (Å²) in [7, 11) is 0. The summed E-state index contributed by atoms with van der Waals surface area (Å²) in [5.41, 5.74) is 11.7. The fourth-order valence-corrected chi connectivity index (χ4v) is 3.91. The van der Waals surface area contributed by atoms with Gasteiger partial charge < -0.3 is 11.5 Å². The Balaban J connectivity index is 0. The number of unbranched alkanes of at least 4 members (excludes halogenated alkanes) is 1. The van der Waals surface area contributed by atoms with Crippen molar-refractivity contribution >= 4 is 71.7 Å². The number of amides is 2. The number of aryl methyl sites for hydroxylation is 2. The Morgan fingerprint density at radius 3 is 1.39 bits per heavy atom. The minimum atomic E-state index is -0.569. The number of rotatable bonds is 11. The molecule has 2 heterocycles. The van der Waals surface area contributed by atoms with E-state index in [4.69, 9.17) is 11.5 Å². The monoisotopic (exact) mass is 538 g/mol. The summed E-state index contributed by atoms with van der Waals surface area (Å²) < 4.78 is 0. The second-order valence-corrected chi connectivity index (χ2v) is 9.85. The summed E-state index contributed by atoms with van der Waals surface area (Å²) in [6.45, 7) is 7.58. The van der Waals surface area contributed by atoms with Crippen molar-refractivity contribution in [2.75, 3.05) is 10.6 Å². The average molecular weight is 539 g/mol. The second kappa shape index (κ2) is 16.3. The lowest BCUT2D eigenvalue weighted by atomic mass is 10.1. The molecule has 0 radical (unpaired) electrons. The van der Waals surface area contributed by atoms with Crippen LogP contribution in [0.4, 0.5) is 10.3 Å². The van der Waals surface area contributed by atoms with Gasteiger partial charge in [-0.25, -0.2) is 0 Å². The molecule has 2 aromatic heterocycles. The smallest absolute Gasteiger partial charge is 0.243 e. The van der Waals surface area contributed by atoms with E-state index in [2.05, 4.69) is 31.0 Å². The van der Waals surface area contributed by atoms with Crippen LogP contribution >= 0.6 is 49.7 Å². The zero-order chi connectivity index (χ0) is 22.3. The molecular weight excluding hydrogens is 501 g/mol. The van der Waals surface area contributed by atoms with Crippen LogP contribution in [0.25, 0.3) is 0 Å². The number of nitrogens with zero attached hydrogens (tertiary/aromatic N) is 4. The minimum Gasteiger partial charge on any atom is -0.320 e. The van der Waals surface area contributed by atoms with E-state index in [0.29, 0.717) is 10.3 Å². The molecule has 14 heteroatoms. The quantitative estimate of drug-likeness (QED) is 0.317. The number of hydrogen-bond acceptors (Lipinski definition) is 10. The molecule has 0 bridgehead atoms. The van der Waals surface area contributed by atoms with Gasteiger partial charge in [-0.05, 0) is 24.7 Å². The van der Waals surface area contributed by atoms with Gasteiger partial charge in [0.1, 0.15) is 10.0 Å². The first-order valence-corrected chi connectivity index (χ1v) is 11.6. The van der Waals surface area contributed by atoms with Crippen LogP contribution in [-0.2, 0) is 22.4 Å². The lowest BCUT2D eigenvalue weighted by Gasteiger charge is -2.13. The topological polar surface area (TPSA) is 162 Å². The Morgan fingerprint density at radius 2 is 1.09 bits per heavy atom. The van der Waals surface area contributed by atoms with Crippen molar-refractivity contribution in [2.45, 2.75) is 72.9 Å². The third kappa shape index (κ3) is 11.1. The molecule has 0 aliphatic heterocycles. The predicted octanol–water partition coefficient (Wildman–Crippen LogP) is 2.66. The highest BCUT2D eigenvalue weighted by Crippen LogP contribution is 2.20. The van der Waals surface area contributed by atoms with E-state index >= 15 is 0 Å². The predicted molar refractivity (Wildman–Crippen MR) is 147 cm³/mol. The van der Waals surface area contributed by atoms with Crippen molar-refractivity contribution in [3.63, 3.8) is 0 Å². The van der Waals surface area contributed by atoms with Crippen molar-refractivity contribution in [2.24, 2.45) is 23.3 Å². The summed E-state index contributed by atoms with van der Waals surface area (Å²) in [6, 6.07) is -1.14. The zero-order valence-electron chi connectivity index (χ0n) is 18.7. The molecule has 0 fully saturated rings. The van der Waals surface area contributed by atoms with Crippen LogP contribution in [0.5, 0.6) is 0 Å². The van der Waals surface area contributed by atoms with Gasteiger partial charge in [0, 0.05) is 12.8 Å². The van der Waals surface area contributed by atoms with Gasteiger partial charge in [-0.3, -0.25) is 20.2 Å². The molecule has 0 aliphatic carbocycles. The number of aromatic nitrogens is 4. The Kier molecular flexibility index (Phi) is 16.8. The van der Waals surface area contributed by atoms with Crippen molar-refractivity contribution in [3.05, 3.63) is 10.0 Å². The van der Waals surface area contributed by atoms with Gasteiger partial charge in [-0.1, -0.05) is 57.8 Å². The number of carbonyl (C=O) groups excluding carboxylic acids is 2. The fourth-order valence-electron chi connectivity index (χ4n) is 2.35. The first-order chi connectivity index (χ1) is 14.2. The number of hydrogen-bond donors (Lipinski definition) is 4. The molecule has 0 aliphatic rings. The lowest BCUT2D eigenvalue weighted by Crippen LogP contribution is -2.39. The van der Waals surface area contributed by atoms with E-state index in [1.165, 1.54) is 22.7 Å². The molecule has 10 nitrogen and oxygen atoms in total. The van der Waals surface area contributed by atoms with Crippen LogP contribution in [0.1, 0.15) is 58.0 Å². The number of nitrogens with one attached hydrogen (secondary N) is 2. The van der Waals surface area contributed by atoms with Crippen LogP contribution in [0.2, 0.25) is 0 Å². The first-order valence-electron chi connectivity index (χ1n) is 9.95. The minimum absolute atomic E-state index is 0. The SMILES string of the molecule is C.CC(C)[C@H](N)C(=O)Nc1nnc(CCCCc2nnc(NC(=O)[C@@H](N)C(C)C)s2)s1.S.S. The molecule has 190 valence electrons. The molecule has 0 saturated heterocycles. The van der Waals surface area contributed by atoms with Crippen molar-refractivity contribution in [3.8, 4) is 0 Å². The first kappa shape index (κ1) is 33.9. The summed E-state index contributed by atoms with van der Waals surface area (Å²) in [4.78, 5) is 24.0. The average Bonchev–Trinajstić information content (AvgIpc) is 3.32. The fraction of sp³-hybridized carbons (Fsp3) is 0.684. The molecular formula is C19H38N8O2S4. The lowest BCUT2D eigenvalue weighted by molar-refractivity contribution is -0.119. The van der Waals surface area contributed by atoms with Crippen LogP contribution in [0.15, 0.2) is 0 Å². The molecule has 0 saturated carbocycles. The Morgan fingerprint density at radius 1 is 0.758 bits per heavy atom. The molecule has 6 N–H and O–H groups in total.